The van der Waals surface area contributed by atoms with E-state index in [1.165, 1.54) is 14.2 Å². The number of aliphatic imine (C=N–C) groups is 1. The first kappa shape index (κ1) is 13.1. The number of hydrogen-bond acceptors (Lipinski definition) is 6. The van der Waals surface area contributed by atoms with Crippen LogP contribution in [0.5, 0.6) is 0 Å². The molecule has 2 rings (SSSR count). The van der Waals surface area contributed by atoms with Gasteiger partial charge in [-0.3, -0.25) is 0 Å². The molecule has 0 radical (unpaired) electrons. The summed E-state index contributed by atoms with van der Waals surface area (Å²) >= 11 is 0. The van der Waals surface area contributed by atoms with Crippen LogP contribution in [0, 0.1) is 0 Å². The van der Waals surface area contributed by atoms with Gasteiger partial charge >= 0.3 is 11.9 Å². The van der Waals surface area contributed by atoms with Crippen molar-refractivity contribution in [2.75, 3.05) is 14.2 Å². The molecule has 0 unspecified atom stereocenters. The van der Waals surface area contributed by atoms with Gasteiger partial charge in [-0.2, -0.15) is 0 Å². The molecule has 1 heterocycles. The molecule has 0 saturated heterocycles. The van der Waals surface area contributed by atoms with E-state index >= 15 is 0 Å². The van der Waals surface area contributed by atoms with E-state index in [0.29, 0.717) is 5.56 Å². The predicted molar refractivity (Wildman–Crippen MR) is 65.7 cm³/mol. The third-order valence-corrected chi connectivity index (χ3v) is 2.68. The van der Waals surface area contributed by atoms with Crippen molar-refractivity contribution >= 4 is 17.8 Å². The average Bonchev–Trinajstić information content (AvgIpc) is 2.91. The van der Waals surface area contributed by atoms with Gasteiger partial charge in [0.15, 0.2) is 6.04 Å². The Balaban J connectivity index is 2.29. The van der Waals surface area contributed by atoms with Gasteiger partial charge < -0.3 is 14.2 Å². The topological polar surface area (TPSA) is 74.2 Å². The normalized spacial score (nSPS) is 21.3. The molecule has 1 aromatic carbocycles. The van der Waals surface area contributed by atoms with Gasteiger partial charge in [0.25, 0.3) is 0 Å². The Bertz CT molecular complexity index is 511. The molecule has 0 N–H and O–H groups in total. The lowest BCUT2D eigenvalue weighted by Gasteiger charge is -2.13. The highest BCUT2D eigenvalue weighted by Crippen LogP contribution is 2.20. The lowest BCUT2D eigenvalue weighted by Crippen LogP contribution is -2.38. The zero-order valence-electron chi connectivity index (χ0n) is 10.5. The number of carbonyl (C=O) groups is 2. The molecule has 6 heteroatoms. The number of methoxy groups -OCH3 is 2. The Morgan fingerprint density at radius 2 is 1.74 bits per heavy atom. The van der Waals surface area contributed by atoms with E-state index < -0.39 is 24.1 Å². The van der Waals surface area contributed by atoms with Crippen LogP contribution in [0.15, 0.2) is 35.3 Å². The molecule has 0 aliphatic carbocycles. The van der Waals surface area contributed by atoms with Crippen molar-refractivity contribution in [3.05, 3.63) is 35.9 Å². The zero-order chi connectivity index (χ0) is 13.8. The van der Waals surface area contributed by atoms with Gasteiger partial charge in [-0.1, -0.05) is 18.2 Å². The van der Waals surface area contributed by atoms with Crippen molar-refractivity contribution in [3.8, 4) is 0 Å². The number of hydrogen-bond donors (Lipinski definition) is 0. The molecule has 1 aliphatic heterocycles. The minimum atomic E-state index is -1.10. The smallest absolute Gasteiger partial charge is 0.350 e. The van der Waals surface area contributed by atoms with Crippen molar-refractivity contribution in [3.63, 3.8) is 0 Å². The van der Waals surface area contributed by atoms with Crippen LogP contribution in [0.4, 0.5) is 0 Å². The third kappa shape index (κ3) is 2.57. The molecule has 100 valence electrons. The largest absolute Gasteiger partial charge is 0.467 e. The number of ether oxygens (including phenoxy) is 3. The maximum Gasteiger partial charge on any atom is 0.350 e. The van der Waals surface area contributed by atoms with Crippen LogP contribution in [0.2, 0.25) is 0 Å². The van der Waals surface area contributed by atoms with Gasteiger partial charge in [-0.05, 0) is 12.1 Å². The predicted octanol–water partition coefficient (Wildman–Crippen LogP) is 0.547. The molecule has 0 bridgehead atoms. The Hall–Kier alpha value is -2.37. The van der Waals surface area contributed by atoms with Crippen molar-refractivity contribution in [1.82, 2.24) is 0 Å². The molecular formula is C13H13NO5. The summed E-state index contributed by atoms with van der Waals surface area (Å²) in [5.41, 5.74) is 0.683. The first-order valence-electron chi connectivity index (χ1n) is 5.63. The van der Waals surface area contributed by atoms with Crippen molar-refractivity contribution in [1.29, 1.82) is 0 Å². The summed E-state index contributed by atoms with van der Waals surface area (Å²) in [6.07, 6.45) is -1.10. The molecule has 2 atom stereocenters. The summed E-state index contributed by atoms with van der Waals surface area (Å²) in [6.45, 7) is 0. The quantitative estimate of drug-likeness (QED) is 0.744. The van der Waals surface area contributed by atoms with E-state index in [1.54, 1.807) is 24.3 Å². The highest BCUT2D eigenvalue weighted by molar-refractivity contribution is 6.01. The summed E-state index contributed by atoms with van der Waals surface area (Å²) in [5.74, 6) is -1.07. The molecule has 19 heavy (non-hydrogen) atoms. The first-order chi connectivity index (χ1) is 9.17. The number of carbonyl (C=O) groups excluding carboxylic acids is 2. The van der Waals surface area contributed by atoms with E-state index in [1.807, 2.05) is 6.07 Å². The van der Waals surface area contributed by atoms with E-state index in [9.17, 15) is 9.59 Å². The summed E-state index contributed by atoms with van der Waals surface area (Å²) in [4.78, 5) is 27.3. The second-order valence-corrected chi connectivity index (χ2v) is 3.83. The molecule has 6 nitrogen and oxygen atoms in total. The molecular weight excluding hydrogens is 250 g/mol. The Kier molecular flexibility index (Phi) is 3.79. The zero-order valence-corrected chi connectivity index (χ0v) is 10.5. The number of nitrogens with zero attached hydrogens (tertiary/aromatic N) is 1. The fraction of sp³-hybridized carbons (Fsp3) is 0.308. The minimum Gasteiger partial charge on any atom is -0.467 e. The minimum absolute atomic E-state index is 0.228. The second kappa shape index (κ2) is 5.51. The highest BCUT2D eigenvalue weighted by atomic mass is 16.6. The highest BCUT2D eigenvalue weighted by Gasteiger charge is 2.43. The van der Waals surface area contributed by atoms with E-state index in [0.717, 1.165) is 0 Å². The maximum absolute atomic E-state index is 11.6. The van der Waals surface area contributed by atoms with Crippen LogP contribution in [-0.2, 0) is 23.8 Å². The third-order valence-electron chi connectivity index (χ3n) is 2.68. The molecule has 0 fully saturated rings. The second-order valence-electron chi connectivity index (χ2n) is 3.83. The summed E-state index contributed by atoms with van der Waals surface area (Å²) in [7, 11) is 2.45. The van der Waals surface area contributed by atoms with Crippen LogP contribution in [-0.4, -0.2) is 44.2 Å². The van der Waals surface area contributed by atoms with Crippen molar-refractivity contribution < 1.29 is 23.8 Å². The Morgan fingerprint density at radius 3 is 2.32 bits per heavy atom. The van der Waals surface area contributed by atoms with Gasteiger partial charge in [0, 0.05) is 5.56 Å². The van der Waals surface area contributed by atoms with E-state index in [2.05, 4.69) is 14.5 Å². The van der Waals surface area contributed by atoms with Crippen molar-refractivity contribution in [2.24, 2.45) is 4.99 Å². The lowest BCUT2D eigenvalue weighted by atomic mass is 10.2. The van der Waals surface area contributed by atoms with Crippen LogP contribution in [0.25, 0.3) is 0 Å². The van der Waals surface area contributed by atoms with Crippen LogP contribution >= 0.6 is 0 Å². The summed E-state index contributed by atoms with van der Waals surface area (Å²) in [6, 6.07) is 7.96. The SMILES string of the molecule is COC(=O)[C@@H]1N=C(c2ccccc2)O[C@H]1C(=O)OC. The summed E-state index contributed by atoms with van der Waals surface area (Å²) in [5, 5.41) is 0. The van der Waals surface area contributed by atoms with Crippen LogP contribution in [0.1, 0.15) is 5.56 Å². The fourth-order valence-electron chi connectivity index (χ4n) is 1.72. The van der Waals surface area contributed by atoms with Crippen LogP contribution in [0.3, 0.4) is 0 Å². The van der Waals surface area contributed by atoms with Gasteiger partial charge in [-0.25, -0.2) is 14.6 Å². The van der Waals surface area contributed by atoms with Crippen molar-refractivity contribution in [2.45, 2.75) is 12.1 Å². The van der Waals surface area contributed by atoms with E-state index in [4.69, 9.17) is 4.74 Å². The van der Waals surface area contributed by atoms with Gasteiger partial charge in [0.2, 0.25) is 12.0 Å². The molecule has 1 aliphatic rings. The monoisotopic (exact) mass is 263 g/mol. The standard InChI is InChI=1S/C13H13NO5/c1-17-12(15)9-10(13(16)18-2)19-11(14-9)8-6-4-3-5-7-8/h3-7,9-10H,1-2H3/t9-,10-/m1/s1. The van der Waals surface area contributed by atoms with Crippen LogP contribution < -0.4 is 0 Å². The van der Waals surface area contributed by atoms with E-state index in [-0.39, 0.29) is 5.90 Å². The maximum atomic E-state index is 11.6. The fourth-order valence-corrected chi connectivity index (χ4v) is 1.72. The molecule has 0 amide bonds. The molecule has 1 aromatic rings. The van der Waals surface area contributed by atoms with Gasteiger partial charge in [0.05, 0.1) is 14.2 Å². The molecule has 0 spiro atoms. The average molecular weight is 263 g/mol. The first-order valence-corrected chi connectivity index (χ1v) is 5.63. The lowest BCUT2D eigenvalue weighted by molar-refractivity contribution is -0.156. The number of benzene rings is 1. The molecule has 0 saturated carbocycles. The number of esters is 2. The Morgan fingerprint density at radius 1 is 1.11 bits per heavy atom. The molecule has 0 aromatic heterocycles. The van der Waals surface area contributed by atoms with Gasteiger partial charge in [-0.15, -0.1) is 0 Å². The van der Waals surface area contributed by atoms with Gasteiger partial charge in [0.1, 0.15) is 0 Å². The Labute approximate surface area is 110 Å². The number of rotatable bonds is 3. The summed E-state index contributed by atoms with van der Waals surface area (Å²) < 4.78 is 14.6.